The number of sulfonamides is 1. The Morgan fingerprint density at radius 2 is 1.84 bits per heavy atom. The van der Waals surface area contributed by atoms with Crippen LogP contribution in [0.5, 0.6) is 5.75 Å². The predicted molar refractivity (Wildman–Crippen MR) is 113 cm³/mol. The monoisotopic (exact) mass is 486 g/mol. The van der Waals surface area contributed by atoms with E-state index in [0.717, 1.165) is 33.8 Å². The average Bonchev–Trinajstić information content (AvgIpc) is 3.17. The fourth-order valence-electron chi connectivity index (χ4n) is 2.89. The predicted octanol–water partition coefficient (Wildman–Crippen LogP) is 4.93. The van der Waals surface area contributed by atoms with E-state index in [1.807, 2.05) is 0 Å². The number of aromatic carboxylic acids is 1. The van der Waals surface area contributed by atoms with Crippen LogP contribution in [0, 0.1) is 6.92 Å². The molecule has 1 N–H and O–H groups in total. The van der Waals surface area contributed by atoms with E-state index in [-0.39, 0.29) is 28.6 Å². The van der Waals surface area contributed by atoms with Crippen LogP contribution in [0.3, 0.4) is 0 Å². The second-order valence-electron chi connectivity index (χ2n) is 6.53. The van der Waals surface area contributed by atoms with Crippen molar-refractivity contribution < 1.29 is 36.2 Å². The average molecular weight is 486 g/mol. The largest absolute Gasteiger partial charge is 0.573 e. The highest BCUT2D eigenvalue weighted by molar-refractivity contribution is 7.92. The molecule has 0 aliphatic rings. The molecule has 0 amide bonds. The number of nitrogens with zero attached hydrogens (tertiary/aromatic N) is 2. The van der Waals surface area contributed by atoms with Crippen LogP contribution >= 0.6 is 11.3 Å². The van der Waals surface area contributed by atoms with E-state index in [9.17, 15) is 31.5 Å². The zero-order valence-electron chi connectivity index (χ0n) is 16.8. The molecule has 3 aromatic rings. The van der Waals surface area contributed by atoms with Gasteiger partial charge in [0.15, 0.2) is 5.82 Å². The van der Waals surface area contributed by atoms with Gasteiger partial charge in [-0.1, -0.05) is 6.07 Å². The summed E-state index contributed by atoms with van der Waals surface area (Å²) in [7, 11) is -4.10. The molecule has 0 atom stereocenters. The van der Waals surface area contributed by atoms with E-state index in [4.69, 9.17) is 0 Å². The smallest absolute Gasteiger partial charge is 0.478 e. The molecule has 0 fully saturated rings. The number of rotatable bonds is 7. The van der Waals surface area contributed by atoms with Gasteiger partial charge in [-0.05, 0) is 55.8 Å². The first-order chi connectivity index (χ1) is 14.9. The molecule has 0 unspecified atom stereocenters. The Morgan fingerprint density at radius 1 is 1.19 bits per heavy atom. The van der Waals surface area contributed by atoms with Crippen LogP contribution in [-0.2, 0) is 10.0 Å². The Bertz CT molecular complexity index is 1240. The number of aryl methyl sites for hydroxylation is 1. The third-order valence-corrected chi connectivity index (χ3v) is 7.15. The molecule has 3 rings (SSSR count). The van der Waals surface area contributed by atoms with Crippen molar-refractivity contribution in [2.24, 2.45) is 0 Å². The molecular weight excluding hydrogens is 469 g/mol. The first-order valence-electron chi connectivity index (χ1n) is 9.11. The Kier molecular flexibility index (Phi) is 6.46. The molecule has 32 heavy (non-hydrogen) atoms. The second-order valence-corrected chi connectivity index (χ2v) is 9.26. The van der Waals surface area contributed by atoms with Crippen LogP contribution in [0.2, 0.25) is 0 Å². The SMILES string of the molecule is CCN(c1csc(-c2ccc(OC(F)(F)F)cc2)n1)S(=O)(=O)c1ccc(C)c(C(=O)O)c1. The van der Waals surface area contributed by atoms with Gasteiger partial charge in [-0.2, -0.15) is 0 Å². The zero-order valence-corrected chi connectivity index (χ0v) is 18.4. The van der Waals surface area contributed by atoms with E-state index in [1.165, 1.54) is 29.6 Å². The number of hydrogen-bond acceptors (Lipinski definition) is 6. The van der Waals surface area contributed by atoms with Crippen molar-refractivity contribution in [1.82, 2.24) is 4.98 Å². The molecule has 0 saturated carbocycles. The number of carbonyl (C=O) groups is 1. The maximum absolute atomic E-state index is 13.1. The van der Waals surface area contributed by atoms with E-state index >= 15 is 0 Å². The molecule has 1 aromatic heterocycles. The number of aromatic nitrogens is 1. The van der Waals surface area contributed by atoms with E-state index in [0.29, 0.717) is 16.1 Å². The van der Waals surface area contributed by atoms with E-state index < -0.39 is 22.4 Å². The van der Waals surface area contributed by atoms with Crippen LogP contribution in [0.1, 0.15) is 22.8 Å². The van der Waals surface area contributed by atoms with Crippen LogP contribution in [-0.4, -0.2) is 37.4 Å². The number of alkyl halides is 3. The van der Waals surface area contributed by atoms with Gasteiger partial charge in [0.1, 0.15) is 10.8 Å². The normalized spacial score (nSPS) is 11.9. The van der Waals surface area contributed by atoms with Gasteiger partial charge in [-0.15, -0.1) is 24.5 Å². The molecule has 7 nitrogen and oxygen atoms in total. The van der Waals surface area contributed by atoms with Crippen molar-refractivity contribution in [2.45, 2.75) is 25.1 Å². The summed E-state index contributed by atoms with van der Waals surface area (Å²) >= 11 is 1.11. The number of hydrogen-bond donors (Lipinski definition) is 1. The summed E-state index contributed by atoms with van der Waals surface area (Å²) in [4.78, 5) is 15.5. The highest BCUT2D eigenvalue weighted by atomic mass is 32.2. The third kappa shape index (κ3) is 5.02. The van der Waals surface area contributed by atoms with E-state index in [2.05, 4.69) is 9.72 Å². The third-order valence-electron chi connectivity index (χ3n) is 4.40. The zero-order chi connectivity index (χ0) is 23.7. The lowest BCUT2D eigenvalue weighted by molar-refractivity contribution is -0.274. The minimum Gasteiger partial charge on any atom is -0.478 e. The van der Waals surface area contributed by atoms with Crippen LogP contribution in [0.15, 0.2) is 52.7 Å². The van der Waals surface area contributed by atoms with Crippen molar-refractivity contribution in [1.29, 1.82) is 0 Å². The summed E-state index contributed by atoms with van der Waals surface area (Å²) in [5.74, 6) is -1.51. The molecule has 2 aromatic carbocycles. The van der Waals surface area contributed by atoms with Gasteiger partial charge in [0.25, 0.3) is 10.0 Å². The maximum Gasteiger partial charge on any atom is 0.573 e. The quantitative estimate of drug-likeness (QED) is 0.509. The first kappa shape index (κ1) is 23.5. The molecule has 170 valence electrons. The van der Waals surface area contributed by atoms with Gasteiger partial charge in [-0.3, -0.25) is 0 Å². The van der Waals surface area contributed by atoms with Crippen LogP contribution < -0.4 is 9.04 Å². The van der Waals surface area contributed by atoms with Gasteiger partial charge in [0.05, 0.1) is 10.5 Å². The topological polar surface area (TPSA) is 96.8 Å². The number of carboxylic acids is 1. The first-order valence-corrected chi connectivity index (χ1v) is 11.4. The summed E-state index contributed by atoms with van der Waals surface area (Å²) in [5, 5.41) is 11.2. The molecule has 0 aliphatic heterocycles. The fraction of sp³-hybridized carbons (Fsp3) is 0.200. The lowest BCUT2D eigenvalue weighted by Gasteiger charge is -2.20. The van der Waals surface area contributed by atoms with E-state index in [1.54, 1.807) is 13.8 Å². The lowest BCUT2D eigenvalue weighted by Crippen LogP contribution is -2.31. The standard InChI is InChI=1S/C20H17F3N2O5S2/c1-3-25(32(28,29)15-9-4-12(2)16(10-15)19(26)27)17-11-31-18(24-17)13-5-7-14(8-6-13)30-20(21,22)23/h4-11H,3H2,1-2H3,(H,26,27). The Labute approximate surface area is 185 Å². The Morgan fingerprint density at radius 3 is 2.41 bits per heavy atom. The minimum absolute atomic E-state index is 0.0279. The summed E-state index contributed by atoms with van der Waals surface area (Å²) in [6.07, 6.45) is -4.80. The molecule has 0 spiro atoms. The molecule has 12 heteroatoms. The Balaban J connectivity index is 1.91. The number of ether oxygens (including phenoxy) is 1. The highest BCUT2D eigenvalue weighted by Gasteiger charge is 2.31. The number of thiazole rings is 1. The second kappa shape index (κ2) is 8.79. The molecule has 1 heterocycles. The fourth-order valence-corrected chi connectivity index (χ4v) is 5.21. The summed E-state index contributed by atoms with van der Waals surface area (Å²) in [6, 6.07) is 8.88. The number of benzene rings is 2. The number of carboxylic acid groups (broad SMARTS) is 1. The number of anilines is 1. The summed E-state index contributed by atoms with van der Waals surface area (Å²) < 4.78 is 68.1. The Hall–Kier alpha value is -3.12. The summed E-state index contributed by atoms with van der Waals surface area (Å²) in [5.41, 5.74) is 0.781. The van der Waals surface area contributed by atoms with Gasteiger partial charge < -0.3 is 9.84 Å². The molecular formula is C20H17F3N2O5S2. The van der Waals surface area contributed by atoms with Gasteiger partial charge in [0, 0.05) is 17.5 Å². The van der Waals surface area contributed by atoms with Crippen LogP contribution in [0.4, 0.5) is 19.0 Å². The molecule has 0 bridgehead atoms. The maximum atomic E-state index is 13.1. The van der Waals surface area contributed by atoms with Crippen molar-refractivity contribution in [2.75, 3.05) is 10.8 Å². The van der Waals surface area contributed by atoms with Crippen molar-refractivity contribution in [3.63, 3.8) is 0 Å². The lowest BCUT2D eigenvalue weighted by atomic mass is 10.1. The highest BCUT2D eigenvalue weighted by Crippen LogP contribution is 2.32. The molecule has 0 saturated heterocycles. The van der Waals surface area contributed by atoms with Gasteiger partial charge in [-0.25, -0.2) is 22.5 Å². The van der Waals surface area contributed by atoms with Gasteiger partial charge in [0.2, 0.25) is 0 Å². The van der Waals surface area contributed by atoms with Gasteiger partial charge >= 0.3 is 12.3 Å². The van der Waals surface area contributed by atoms with Crippen molar-refractivity contribution in [3.8, 4) is 16.3 Å². The van der Waals surface area contributed by atoms with Crippen molar-refractivity contribution >= 4 is 33.1 Å². The molecule has 0 radical (unpaired) electrons. The van der Waals surface area contributed by atoms with Crippen molar-refractivity contribution in [3.05, 3.63) is 59.0 Å². The number of halogens is 3. The summed E-state index contributed by atoms with van der Waals surface area (Å²) in [6.45, 7) is 3.20. The van der Waals surface area contributed by atoms with Crippen LogP contribution in [0.25, 0.3) is 10.6 Å². The molecule has 0 aliphatic carbocycles. The minimum atomic E-state index is -4.80.